The van der Waals surface area contributed by atoms with Crippen LogP contribution in [0.3, 0.4) is 0 Å². The number of hydrogen-bond donors (Lipinski definition) is 3. The third kappa shape index (κ3) is 6.25. The van der Waals surface area contributed by atoms with Gasteiger partial charge in [-0.2, -0.15) is 13.2 Å². The fourth-order valence-electron chi connectivity index (χ4n) is 2.81. The molecule has 0 bridgehead atoms. The first kappa shape index (κ1) is 25.5. The Hall–Kier alpha value is -3.15. The van der Waals surface area contributed by atoms with Gasteiger partial charge in [0.05, 0.1) is 26.2 Å². The zero-order chi connectivity index (χ0) is 25.1. The number of benzene rings is 2. The van der Waals surface area contributed by atoms with E-state index in [4.69, 9.17) is 17.0 Å². The third-order valence-corrected chi connectivity index (χ3v) is 7.24. The van der Waals surface area contributed by atoms with Crippen LogP contribution < -0.4 is 10.0 Å². The molecule has 1 heterocycles. The van der Waals surface area contributed by atoms with Gasteiger partial charge in [0, 0.05) is 11.8 Å². The number of nitrogens with one attached hydrogen (secondary N) is 3. The first-order valence-corrected chi connectivity index (χ1v) is 12.2. The quantitative estimate of drug-likeness (QED) is 0.332. The lowest BCUT2D eigenvalue weighted by Gasteiger charge is -2.13. The van der Waals surface area contributed by atoms with Crippen molar-refractivity contribution >= 4 is 56.0 Å². The fourth-order valence-corrected chi connectivity index (χ4v) is 5.00. The Kier molecular flexibility index (Phi) is 7.49. The number of para-hydroxylation sites is 1. The first-order valence-electron chi connectivity index (χ1n) is 9.50. The van der Waals surface area contributed by atoms with Crippen molar-refractivity contribution in [2.24, 2.45) is 0 Å². The number of hydrogen-bond acceptors (Lipinski definition) is 6. The Balaban J connectivity index is 2.01. The predicted molar refractivity (Wildman–Crippen MR) is 128 cm³/mol. The van der Waals surface area contributed by atoms with E-state index in [1.807, 2.05) is 4.72 Å². The number of sulfonamides is 1. The molecule has 0 atom stereocenters. The van der Waals surface area contributed by atoms with Crippen LogP contribution in [-0.4, -0.2) is 26.2 Å². The summed E-state index contributed by atoms with van der Waals surface area (Å²) in [6.45, 7) is 1.07. The van der Waals surface area contributed by atoms with Crippen LogP contribution in [0.25, 0.3) is 16.1 Å². The standard InChI is InChI=1S/C22H17ClF3N3O3S2/c1-13(30)29-34(31,32)15-6-4-5-14(11-15)19-9-10-20(33-19)18(12-21(27)22(24,25)26)28-17-8-3-2-7-16(17)23/h2-12,27-28H,1H3,(H,29,30)/b18-12-,27-21?. The smallest absolute Gasteiger partial charge is 0.353 e. The summed E-state index contributed by atoms with van der Waals surface area (Å²) in [7, 11) is -4.06. The van der Waals surface area contributed by atoms with Gasteiger partial charge in [0.25, 0.3) is 10.0 Å². The largest absolute Gasteiger partial charge is 0.432 e. The minimum Gasteiger partial charge on any atom is -0.353 e. The lowest BCUT2D eigenvalue weighted by molar-refractivity contribution is -0.117. The molecule has 0 unspecified atom stereocenters. The second kappa shape index (κ2) is 10.00. The van der Waals surface area contributed by atoms with Crippen molar-refractivity contribution in [1.29, 1.82) is 5.41 Å². The Morgan fingerprint density at radius 2 is 1.79 bits per heavy atom. The van der Waals surface area contributed by atoms with Gasteiger partial charge in [0.1, 0.15) is 5.71 Å². The molecule has 178 valence electrons. The molecule has 0 radical (unpaired) electrons. The molecule has 0 spiro atoms. The van der Waals surface area contributed by atoms with E-state index in [2.05, 4.69) is 5.32 Å². The summed E-state index contributed by atoms with van der Waals surface area (Å²) in [6.07, 6.45) is -4.18. The molecule has 0 saturated heterocycles. The second-order valence-corrected chi connectivity index (χ2v) is 10.1. The van der Waals surface area contributed by atoms with E-state index in [9.17, 15) is 26.4 Å². The van der Waals surface area contributed by atoms with Crippen LogP contribution in [-0.2, 0) is 14.8 Å². The highest BCUT2D eigenvalue weighted by Gasteiger charge is 2.33. The average Bonchev–Trinajstić information content (AvgIpc) is 3.23. The molecular weight excluding hydrogens is 511 g/mol. The van der Waals surface area contributed by atoms with Crippen molar-refractivity contribution in [3.8, 4) is 10.4 Å². The van der Waals surface area contributed by atoms with Crippen LogP contribution in [0.5, 0.6) is 0 Å². The number of anilines is 1. The first-order chi connectivity index (χ1) is 15.9. The van der Waals surface area contributed by atoms with Crippen molar-refractivity contribution in [3.63, 3.8) is 0 Å². The second-order valence-electron chi connectivity index (χ2n) is 6.93. The van der Waals surface area contributed by atoms with E-state index in [1.165, 1.54) is 18.2 Å². The van der Waals surface area contributed by atoms with Gasteiger partial charge >= 0.3 is 6.18 Å². The Morgan fingerprint density at radius 3 is 2.44 bits per heavy atom. The van der Waals surface area contributed by atoms with E-state index in [-0.39, 0.29) is 15.6 Å². The van der Waals surface area contributed by atoms with Crippen LogP contribution in [0.2, 0.25) is 5.02 Å². The van der Waals surface area contributed by atoms with Crippen LogP contribution in [0, 0.1) is 5.41 Å². The zero-order valence-corrected chi connectivity index (χ0v) is 19.8. The SMILES string of the molecule is CC(=O)NS(=O)(=O)c1cccc(-c2ccc(/C(=C/C(=N)C(F)(F)F)Nc3ccccc3Cl)s2)c1. The molecule has 0 saturated carbocycles. The monoisotopic (exact) mass is 527 g/mol. The number of allylic oxidation sites excluding steroid dienone is 1. The van der Waals surface area contributed by atoms with Crippen molar-refractivity contribution in [2.45, 2.75) is 18.0 Å². The molecule has 0 aliphatic rings. The van der Waals surface area contributed by atoms with E-state index in [1.54, 1.807) is 42.5 Å². The molecule has 1 aromatic heterocycles. The van der Waals surface area contributed by atoms with E-state index < -0.39 is 27.8 Å². The highest BCUT2D eigenvalue weighted by atomic mass is 35.5. The molecular formula is C22H17ClF3N3O3S2. The van der Waals surface area contributed by atoms with Crippen LogP contribution in [0.15, 0.2) is 71.6 Å². The minimum atomic E-state index is -4.85. The molecule has 3 aromatic rings. The molecule has 12 heteroatoms. The maximum atomic E-state index is 13.1. The number of amides is 1. The molecule has 6 nitrogen and oxygen atoms in total. The van der Waals surface area contributed by atoms with Crippen molar-refractivity contribution in [1.82, 2.24) is 4.72 Å². The number of thiophene rings is 1. The number of carbonyl (C=O) groups is 1. The number of alkyl halides is 3. The number of rotatable bonds is 7. The van der Waals surface area contributed by atoms with Crippen LogP contribution in [0.4, 0.5) is 18.9 Å². The summed E-state index contributed by atoms with van der Waals surface area (Å²) in [6, 6.07) is 15.4. The Bertz CT molecular complexity index is 1380. The van der Waals surface area contributed by atoms with Crippen molar-refractivity contribution in [2.75, 3.05) is 5.32 Å². The van der Waals surface area contributed by atoms with E-state index in [0.29, 0.717) is 27.1 Å². The highest BCUT2D eigenvalue weighted by molar-refractivity contribution is 7.90. The fraction of sp³-hybridized carbons (Fsp3) is 0.0909. The molecule has 3 N–H and O–H groups in total. The van der Waals surface area contributed by atoms with Gasteiger partial charge in [-0.3, -0.25) is 10.2 Å². The van der Waals surface area contributed by atoms with E-state index in [0.717, 1.165) is 18.3 Å². The summed E-state index contributed by atoms with van der Waals surface area (Å²) in [5, 5.41) is 10.5. The van der Waals surface area contributed by atoms with Crippen LogP contribution >= 0.6 is 22.9 Å². The summed E-state index contributed by atoms with van der Waals surface area (Å²) in [5.74, 6) is -0.739. The Labute approximate surface area is 202 Å². The van der Waals surface area contributed by atoms with Crippen molar-refractivity contribution < 1.29 is 26.4 Å². The molecule has 0 aliphatic carbocycles. The van der Waals surface area contributed by atoms with Gasteiger partial charge in [-0.1, -0.05) is 35.9 Å². The lowest BCUT2D eigenvalue weighted by atomic mass is 10.2. The normalized spacial score (nSPS) is 12.3. The summed E-state index contributed by atoms with van der Waals surface area (Å²) >= 11 is 7.22. The van der Waals surface area contributed by atoms with Gasteiger partial charge in [-0.15, -0.1) is 11.3 Å². The van der Waals surface area contributed by atoms with Gasteiger partial charge < -0.3 is 5.32 Å². The molecule has 3 rings (SSSR count). The van der Waals surface area contributed by atoms with Gasteiger partial charge in [0.2, 0.25) is 5.91 Å². The highest BCUT2D eigenvalue weighted by Crippen LogP contribution is 2.35. The predicted octanol–water partition coefficient (Wildman–Crippen LogP) is 5.93. The maximum absolute atomic E-state index is 13.1. The van der Waals surface area contributed by atoms with E-state index >= 15 is 0 Å². The Morgan fingerprint density at radius 1 is 1.09 bits per heavy atom. The molecule has 2 aromatic carbocycles. The van der Waals surface area contributed by atoms with Gasteiger partial charge in [-0.05, 0) is 48.0 Å². The molecule has 0 aliphatic heterocycles. The van der Waals surface area contributed by atoms with Crippen LogP contribution in [0.1, 0.15) is 11.8 Å². The third-order valence-electron chi connectivity index (χ3n) is 4.32. The summed E-state index contributed by atoms with van der Waals surface area (Å²) in [5.41, 5.74) is -0.733. The molecule has 34 heavy (non-hydrogen) atoms. The molecule has 0 fully saturated rings. The number of carbonyl (C=O) groups excluding carboxylic acids is 1. The number of halogens is 4. The van der Waals surface area contributed by atoms with Gasteiger partial charge in [0.15, 0.2) is 0 Å². The average molecular weight is 528 g/mol. The zero-order valence-electron chi connectivity index (χ0n) is 17.4. The maximum Gasteiger partial charge on any atom is 0.432 e. The summed E-state index contributed by atoms with van der Waals surface area (Å²) in [4.78, 5) is 12.0. The summed E-state index contributed by atoms with van der Waals surface area (Å²) < 4.78 is 65.6. The van der Waals surface area contributed by atoms with Gasteiger partial charge in [-0.25, -0.2) is 13.1 Å². The topological polar surface area (TPSA) is 99.1 Å². The molecule has 1 amide bonds. The minimum absolute atomic E-state index is 0.00584. The lowest BCUT2D eigenvalue weighted by Crippen LogP contribution is -2.28. The van der Waals surface area contributed by atoms with Crippen molar-refractivity contribution in [3.05, 3.63) is 76.6 Å².